The van der Waals surface area contributed by atoms with Crippen LogP contribution in [0.3, 0.4) is 0 Å². The van der Waals surface area contributed by atoms with Gasteiger partial charge in [-0.05, 0) is 44.5 Å². The van der Waals surface area contributed by atoms with Gasteiger partial charge in [0.2, 0.25) is 0 Å². The highest BCUT2D eigenvalue weighted by Gasteiger charge is 2.06. The van der Waals surface area contributed by atoms with Crippen LogP contribution in [0.25, 0.3) is 0 Å². The fourth-order valence-corrected chi connectivity index (χ4v) is 2.20. The number of pyridine rings is 1. The van der Waals surface area contributed by atoms with Crippen molar-refractivity contribution in [3.05, 3.63) is 58.9 Å². The van der Waals surface area contributed by atoms with Crippen LogP contribution in [0.1, 0.15) is 35.7 Å². The molecule has 3 heteroatoms. The zero-order valence-electron chi connectivity index (χ0n) is 13.1. The van der Waals surface area contributed by atoms with E-state index in [1.165, 1.54) is 11.1 Å². The van der Waals surface area contributed by atoms with Gasteiger partial charge in [0, 0.05) is 18.3 Å². The lowest BCUT2D eigenvalue weighted by Gasteiger charge is -2.13. The lowest BCUT2D eigenvalue weighted by Crippen LogP contribution is -2.15. The molecular weight excluding hydrogens is 260 g/mol. The van der Waals surface area contributed by atoms with E-state index in [-0.39, 0.29) is 0 Å². The van der Waals surface area contributed by atoms with Crippen LogP contribution in [0.5, 0.6) is 5.75 Å². The quantitative estimate of drug-likeness (QED) is 0.786. The Balaban J connectivity index is 2.06. The lowest BCUT2D eigenvalue weighted by atomic mass is 10.1. The van der Waals surface area contributed by atoms with Crippen LogP contribution in [-0.2, 0) is 13.2 Å². The zero-order valence-corrected chi connectivity index (χ0v) is 13.1. The molecule has 0 saturated heterocycles. The Kier molecular flexibility index (Phi) is 5.76. The molecule has 0 aliphatic rings. The Morgan fingerprint density at radius 2 is 2.05 bits per heavy atom. The molecule has 0 bridgehead atoms. The van der Waals surface area contributed by atoms with Gasteiger partial charge in [-0.3, -0.25) is 4.98 Å². The molecule has 2 aromatic rings. The molecule has 0 unspecified atom stereocenters. The van der Waals surface area contributed by atoms with Crippen molar-refractivity contribution in [3.63, 3.8) is 0 Å². The number of nitrogens with one attached hydrogen (secondary N) is 1. The van der Waals surface area contributed by atoms with E-state index < -0.39 is 0 Å². The molecule has 1 N–H and O–H groups in total. The van der Waals surface area contributed by atoms with Gasteiger partial charge in [0.15, 0.2) is 0 Å². The Bertz CT molecular complexity index is 581. The molecule has 1 aromatic heterocycles. The third-order valence-electron chi connectivity index (χ3n) is 3.44. The number of benzene rings is 1. The lowest BCUT2D eigenvalue weighted by molar-refractivity contribution is 0.296. The number of rotatable bonds is 7. The first-order valence-corrected chi connectivity index (χ1v) is 7.54. The summed E-state index contributed by atoms with van der Waals surface area (Å²) in [6, 6.07) is 10.3. The summed E-state index contributed by atoms with van der Waals surface area (Å²) in [5, 5.41) is 3.43. The summed E-state index contributed by atoms with van der Waals surface area (Å²) in [5.74, 6) is 0.939. The third-order valence-corrected chi connectivity index (χ3v) is 3.44. The largest absolute Gasteiger partial charge is 0.487 e. The van der Waals surface area contributed by atoms with Crippen LogP contribution in [0.15, 0.2) is 36.5 Å². The number of nitrogens with zero attached hydrogens (tertiary/aromatic N) is 1. The van der Waals surface area contributed by atoms with E-state index in [0.29, 0.717) is 6.61 Å². The van der Waals surface area contributed by atoms with Gasteiger partial charge in [0.25, 0.3) is 0 Å². The van der Waals surface area contributed by atoms with E-state index in [2.05, 4.69) is 55.3 Å². The first-order chi connectivity index (χ1) is 10.2. The molecule has 0 atom stereocenters. The van der Waals surface area contributed by atoms with Crippen LogP contribution in [0.2, 0.25) is 0 Å². The van der Waals surface area contributed by atoms with Gasteiger partial charge in [-0.1, -0.05) is 30.7 Å². The predicted molar refractivity (Wildman–Crippen MR) is 86.5 cm³/mol. The van der Waals surface area contributed by atoms with E-state index >= 15 is 0 Å². The first kappa shape index (κ1) is 15.5. The topological polar surface area (TPSA) is 34.1 Å². The van der Waals surface area contributed by atoms with Crippen molar-refractivity contribution in [1.29, 1.82) is 0 Å². The summed E-state index contributed by atoms with van der Waals surface area (Å²) in [6.45, 7) is 8.71. The molecule has 0 fully saturated rings. The van der Waals surface area contributed by atoms with Crippen LogP contribution >= 0.6 is 0 Å². The van der Waals surface area contributed by atoms with Crippen molar-refractivity contribution in [3.8, 4) is 5.75 Å². The molecule has 3 nitrogen and oxygen atoms in total. The molecular formula is C18H24N2O. The molecule has 0 spiro atoms. The van der Waals surface area contributed by atoms with E-state index in [1.54, 1.807) is 0 Å². The average Bonchev–Trinajstić information content (AvgIpc) is 2.48. The monoisotopic (exact) mass is 284 g/mol. The van der Waals surface area contributed by atoms with Gasteiger partial charge in [-0.25, -0.2) is 0 Å². The summed E-state index contributed by atoms with van der Waals surface area (Å²) in [5.41, 5.74) is 4.61. The van der Waals surface area contributed by atoms with E-state index in [4.69, 9.17) is 4.74 Å². The molecule has 0 aliphatic carbocycles. The number of hydrogen-bond acceptors (Lipinski definition) is 3. The van der Waals surface area contributed by atoms with Crippen molar-refractivity contribution < 1.29 is 4.74 Å². The van der Waals surface area contributed by atoms with Gasteiger partial charge in [0.1, 0.15) is 12.4 Å². The molecule has 0 saturated carbocycles. The SMILES string of the molecule is CCCNCc1cc(C)ccc1OCc1ncccc1C. The van der Waals surface area contributed by atoms with Crippen molar-refractivity contribution in [1.82, 2.24) is 10.3 Å². The first-order valence-electron chi connectivity index (χ1n) is 7.54. The number of ether oxygens (including phenoxy) is 1. The second kappa shape index (κ2) is 7.79. The summed E-state index contributed by atoms with van der Waals surface area (Å²) in [7, 11) is 0. The van der Waals surface area contributed by atoms with E-state index in [1.807, 2.05) is 12.3 Å². The van der Waals surface area contributed by atoms with Crippen LogP contribution in [0, 0.1) is 13.8 Å². The second-order valence-corrected chi connectivity index (χ2v) is 5.34. The smallest absolute Gasteiger partial charge is 0.130 e. The van der Waals surface area contributed by atoms with Crippen LogP contribution in [0.4, 0.5) is 0 Å². The Morgan fingerprint density at radius 1 is 1.19 bits per heavy atom. The van der Waals surface area contributed by atoms with Crippen molar-refractivity contribution in [2.45, 2.75) is 40.3 Å². The minimum Gasteiger partial charge on any atom is -0.487 e. The molecule has 1 heterocycles. The van der Waals surface area contributed by atoms with Crippen molar-refractivity contribution >= 4 is 0 Å². The van der Waals surface area contributed by atoms with Gasteiger partial charge in [0.05, 0.1) is 5.69 Å². The van der Waals surface area contributed by atoms with E-state index in [0.717, 1.165) is 36.5 Å². The zero-order chi connectivity index (χ0) is 15.1. The third kappa shape index (κ3) is 4.57. The van der Waals surface area contributed by atoms with Gasteiger partial charge in [-0.2, -0.15) is 0 Å². The van der Waals surface area contributed by atoms with Gasteiger partial charge >= 0.3 is 0 Å². The van der Waals surface area contributed by atoms with Gasteiger partial charge in [-0.15, -0.1) is 0 Å². The minimum absolute atomic E-state index is 0.510. The molecule has 21 heavy (non-hydrogen) atoms. The molecule has 2 rings (SSSR count). The maximum absolute atomic E-state index is 5.99. The molecule has 0 radical (unpaired) electrons. The Morgan fingerprint density at radius 3 is 2.81 bits per heavy atom. The highest BCUT2D eigenvalue weighted by atomic mass is 16.5. The summed E-state index contributed by atoms with van der Waals surface area (Å²) < 4.78 is 5.99. The molecule has 112 valence electrons. The maximum Gasteiger partial charge on any atom is 0.130 e. The maximum atomic E-state index is 5.99. The van der Waals surface area contributed by atoms with Crippen LogP contribution in [-0.4, -0.2) is 11.5 Å². The van der Waals surface area contributed by atoms with Crippen molar-refractivity contribution in [2.24, 2.45) is 0 Å². The summed E-state index contributed by atoms with van der Waals surface area (Å²) in [6.07, 6.45) is 2.94. The highest BCUT2D eigenvalue weighted by Crippen LogP contribution is 2.21. The van der Waals surface area contributed by atoms with Gasteiger partial charge < -0.3 is 10.1 Å². The Labute approximate surface area is 127 Å². The van der Waals surface area contributed by atoms with E-state index in [9.17, 15) is 0 Å². The summed E-state index contributed by atoms with van der Waals surface area (Å²) >= 11 is 0. The number of hydrogen-bond donors (Lipinski definition) is 1. The molecule has 0 aliphatic heterocycles. The fourth-order valence-electron chi connectivity index (χ4n) is 2.20. The second-order valence-electron chi connectivity index (χ2n) is 5.34. The number of aromatic nitrogens is 1. The van der Waals surface area contributed by atoms with Crippen molar-refractivity contribution in [2.75, 3.05) is 6.54 Å². The average molecular weight is 284 g/mol. The highest BCUT2D eigenvalue weighted by molar-refractivity contribution is 5.37. The van der Waals surface area contributed by atoms with Crippen LogP contribution < -0.4 is 10.1 Å². The molecule has 0 amide bonds. The normalized spacial score (nSPS) is 10.6. The number of aryl methyl sites for hydroxylation is 2. The predicted octanol–water partition coefficient (Wildman–Crippen LogP) is 3.78. The molecule has 1 aromatic carbocycles. The standard InChI is InChI=1S/C18H24N2O/c1-4-9-19-12-16-11-14(2)7-8-18(16)21-13-17-15(3)6-5-10-20-17/h5-8,10-11,19H,4,9,12-13H2,1-3H3. The Hall–Kier alpha value is -1.87. The minimum atomic E-state index is 0.510. The summed E-state index contributed by atoms with van der Waals surface area (Å²) in [4.78, 5) is 4.38. The fraction of sp³-hybridized carbons (Fsp3) is 0.389.